The van der Waals surface area contributed by atoms with Gasteiger partial charge >= 0.3 is 0 Å². The van der Waals surface area contributed by atoms with Gasteiger partial charge in [0.05, 0.1) is 35.0 Å². The number of fused-ring (bicyclic) bond motifs is 1. The van der Waals surface area contributed by atoms with E-state index in [0.29, 0.717) is 24.2 Å². The van der Waals surface area contributed by atoms with E-state index in [1.54, 1.807) is 19.1 Å². The Bertz CT molecular complexity index is 1220. The monoisotopic (exact) mass is 536 g/mol. The van der Waals surface area contributed by atoms with Gasteiger partial charge < -0.3 is 9.67 Å². The normalized spacial score (nSPS) is 15.0. The summed E-state index contributed by atoms with van der Waals surface area (Å²) in [5, 5.41) is 26.1. The molecule has 8 nitrogen and oxygen atoms in total. The number of aromatic nitrogens is 4. The lowest BCUT2D eigenvalue weighted by molar-refractivity contribution is 0.0291. The molecule has 4 rings (SSSR count). The van der Waals surface area contributed by atoms with Crippen LogP contribution >= 0.6 is 22.6 Å². The van der Waals surface area contributed by atoms with Crippen molar-refractivity contribution in [2.24, 2.45) is 5.41 Å². The molecule has 31 heavy (non-hydrogen) atoms. The maximum absolute atomic E-state index is 14.6. The van der Waals surface area contributed by atoms with Crippen LogP contribution in [-0.2, 0) is 13.1 Å². The minimum Gasteiger partial charge on any atom is -0.396 e. The number of nitrogens with zero attached hydrogens (tertiary/aromatic N) is 5. The minimum atomic E-state index is -0.658. The van der Waals surface area contributed by atoms with E-state index in [0.717, 1.165) is 28.3 Å². The number of amides is 1. The molecule has 0 unspecified atom stereocenters. The smallest absolute Gasteiger partial charge is 0.279 e. The molecule has 0 aliphatic heterocycles. The van der Waals surface area contributed by atoms with Crippen molar-refractivity contribution in [1.82, 2.24) is 19.3 Å². The van der Waals surface area contributed by atoms with E-state index in [-0.39, 0.29) is 29.4 Å². The first-order chi connectivity index (χ1) is 14.8. The fraction of sp³-hybridized carbons (Fsp3) is 0.429. The van der Waals surface area contributed by atoms with Gasteiger partial charge in [-0.2, -0.15) is 10.4 Å². The van der Waals surface area contributed by atoms with Crippen molar-refractivity contribution >= 4 is 45.5 Å². The summed E-state index contributed by atoms with van der Waals surface area (Å²) >= 11 is 2.14. The lowest BCUT2D eigenvalue weighted by Gasteiger charge is -2.41. The molecule has 1 fully saturated rings. The number of carbonyl (C=O) groups is 1. The molecule has 3 aromatic rings. The van der Waals surface area contributed by atoms with Gasteiger partial charge in [-0.1, -0.05) is 6.42 Å². The van der Waals surface area contributed by atoms with Crippen LogP contribution in [0.3, 0.4) is 0 Å². The molecule has 0 radical (unpaired) electrons. The fourth-order valence-electron chi connectivity index (χ4n) is 4.08. The Balaban J connectivity index is 1.81. The molecule has 0 atom stereocenters. The van der Waals surface area contributed by atoms with Crippen LogP contribution in [0.4, 0.5) is 10.3 Å². The van der Waals surface area contributed by atoms with Crippen LogP contribution < -0.4 is 5.32 Å². The van der Waals surface area contributed by atoms with Crippen molar-refractivity contribution in [3.05, 3.63) is 38.5 Å². The van der Waals surface area contributed by atoms with Gasteiger partial charge in [0.25, 0.3) is 5.91 Å². The zero-order valence-corrected chi connectivity index (χ0v) is 19.4. The number of carbonyl (C=O) groups excluding carboxylic acids is 1. The second-order valence-electron chi connectivity index (χ2n) is 7.99. The van der Waals surface area contributed by atoms with E-state index in [1.807, 2.05) is 4.57 Å². The highest BCUT2D eigenvalue weighted by atomic mass is 127. The largest absolute Gasteiger partial charge is 0.396 e. The third-order valence-corrected chi connectivity index (χ3v) is 6.78. The first-order valence-electron chi connectivity index (χ1n) is 10.1. The quantitative estimate of drug-likeness (QED) is 0.469. The molecule has 1 aliphatic rings. The first kappa shape index (κ1) is 21.7. The molecule has 1 aliphatic carbocycles. The van der Waals surface area contributed by atoms with Crippen LogP contribution in [0.25, 0.3) is 11.0 Å². The molecule has 0 bridgehead atoms. The van der Waals surface area contributed by atoms with E-state index in [2.05, 4.69) is 44.1 Å². The molecule has 2 aromatic heterocycles. The van der Waals surface area contributed by atoms with Gasteiger partial charge in [-0.15, -0.1) is 0 Å². The Morgan fingerprint density at radius 1 is 1.45 bits per heavy atom. The van der Waals surface area contributed by atoms with Crippen LogP contribution in [0.15, 0.2) is 12.1 Å². The number of anilines is 1. The van der Waals surface area contributed by atoms with E-state index < -0.39 is 11.7 Å². The molecule has 0 spiro atoms. The Morgan fingerprint density at radius 2 is 2.19 bits per heavy atom. The van der Waals surface area contributed by atoms with Crippen LogP contribution in [0.5, 0.6) is 0 Å². The average Bonchev–Trinajstić information content (AvgIpc) is 3.21. The summed E-state index contributed by atoms with van der Waals surface area (Å²) in [5.41, 5.74) is 1.53. The zero-order chi connectivity index (χ0) is 22.3. The molecule has 0 saturated heterocycles. The summed E-state index contributed by atoms with van der Waals surface area (Å²) in [4.78, 5) is 17.6. The highest BCUT2D eigenvalue weighted by Crippen LogP contribution is 2.43. The number of hydrogen-bond acceptors (Lipinski definition) is 5. The summed E-state index contributed by atoms with van der Waals surface area (Å²) in [6.45, 7) is 4.14. The van der Waals surface area contributed by atoms with Gasteiger partial charge in [-0.3, -0.25) is 14.8 Å². The van der Waals surface area contributed by atoms with Gasteiger partial charge in [-0.25, -0.2) is 9.37 Å². The number of aryl methyl sites for hydroxylation is 2. The standard InChI is InChI=1S/C21H22FIN6O2/c1-3-29-18(16(22)12(2)27-29)19(31)26-20-25-15-8-13(9-24)7-14(23)17(15)28(20)10-21(11-30)5-4-6-21/h7-8,30H,3-6,10-11H2,1-2H3,(H,25,26,31). The lowest BCUT2D eigenvalue weighted by Crippen LogP contribution is -2.38. The minimum absolute atomic E-state index is 0.0311. The maximum Gasteiger partial charge on any atom is 0.279 e. The van der Waals surface area contributed by atoms with Crippen LogP contribution in [0.1, 0.15) is 47.9 Å². The zero-order valence-electron chi connectivity index (χ0n) is 17.2. The fourth-order valence-corrected chi connectivity index (χ4v) is 4.98. The van der Waals surface area contributed by atoms with Crippen molar-refractivity contribution in [2.45, 2.75) is 46.2 Å². The van der Waals surface area contributed by atoms with Gasteiger partial charge in [0.2, 0.25) is 5.95 Å². The number of rotatable bonds is 6. The highest BCUT2D eigenvalue weighted by Gasteiger charge is 2.38. The third-order valence-electron chi connectivity index (χ3n) is 5.96. The predicted molar refractivity (Wildman–Crippen MR) is 121 cm³/mol. The maximum atomic E-state index is 14.6. The van der Waals surface area contributed by atoms with Crippen molar-refractivity contribution in [1.29, 1.82) is 5.26 Å². The third kappa shape index (κ3) is 3.70. The van der Waals surface area contributed by atoms with E-state index in [9.17, 15) is 19.6 Å². The Labute approximate surface area is 192 Å². The van der Waals surface area contributed by atoms with E-state index in [1.165, 1.54) is 11.6 Å². The second kappa shape index (κ2) is 8.20. The number of benzene rings is 1. The van der Waals surface area contributed by atoms with Gasteiger partial charge in [0.15, 0.2) is 11.5 Å². The Hall–Kier alpha value is -2.52. The second-order valence-corrected chi connectivity index (χ2v) is 9.15. The summed E-state index contributed by atoms with van der Waals surface area (Å²) in [5.74, 6) is -1.04. The summed E-state index contributed by atoms with van der Waals surface area (Å²) in [6, 6.07) is 5.54. The molecule has 10 heteroatoms. The molecule has 162 valence electrons. The summed E-state index contributed by atoms with van der Waals surface area (Å²) in [6.07, 6.45) is 2.78. The summed E-state index contributed by atoms with van der Waals surface area (Å²) in [7, 11) is 0. The van der Waals surface area contributed by atoms with Crippen LogP contribution in [0.2, 0.25) is 0 Å². The SMILES string of the molecule is CCn1nc(C)c(F)c1C(=O)Nc1nc2cc(C#N)cc(I)c2n1CC1(CO)CCC1. The number of halogens is 2. The molecule has 1 amide bonds. The molecule has 2 N–H and O–H groups in total. The number of hydrogen-bond donors (Lipinski definition) is 2. The average molecular weight is 536 g/mol. The molecule has 1 aromatic carbocycles. The number of nitrogens with one attached hydrogen (secondary N) is 1. The van der Waals surface area contributed by atoms with Crippen molar-refractivity contribution in [3.8, 4) is 6.07 Å². The molecule has 2 heterocycles. The van der Waals surface area contributed by atoms with Crippen molar-refractivity contribution in [3.63, 3.8) is 0 Å². The van der Waals surface area contributed by atoms with Crippen molar-refractivity contribution < 1.29 is 14.3 Å². The lowest BCUT2D eigenvalue weighted by atomic mass is 9.69. The predicted octanol–water partition coefficient (Wildman–Crippen LogP) is 3.59. The molecular formula is C21H22FIN6O2. The number of aliphatic hydroxyl groups excluding tert-OH is 1. The van der Waals surface area contributed by atoms with Gasteiger partial charge in [-0.05, 0) is 61.4 Å². The van der Waals surface area contributed by atoms with Crippen LogP contribution in [-0.4, -0.2) is 37.0 Å². The molecule has 1 saturated carbocycles. The Kier molecular flexibility index (Phi) is 5.74. The van der Waals surface area contributed by atoms with Gasteiger partial charge in [0.1, 0.15) is 0 Å². The van der Waals surface area contributed by atoms with E-state index in [4.69, 9.17) is 0 Å². The van der Waals surface area contributed by atoms with Crippen molar-refractivity contribution in [2.75, 3.05) is 11.9 Å². The Morgan fingerprint density at radius 3 is 2.77 bits per heavy atom. The number of imidazole rings is 1. The molecular weight excluding hydrogens is 514 g/mol. The number of nitriles is 1. The summed E-state index contributed by atoms with van der Waals surface area (Å²) < 4.78 is 18.6. The highest BCUT2D eigenvalue weighted by molar-refractivity contribution is 14.1. The first-order valence-corrected chi connectivity index (χ1v) is 11.2. The van der Waals surface area contributed by atoms with E-state index >= 15 is 0 Å². The number of aliphatic hydroxyl groups is 1. The van der Waals surface area contributed by atoms with Gasteiger partial charge in [0, 0.05) is 22.1 Å². The van der Waals surface area contributed by atoms with Crippen LogP contribution in [0, 0.1) is 33.1 Å². The topological polar surface area (TPSA) is 109 Å².